The van der Waals surface area contributed by atoms with E-state index in [4.69, 9.17) is 15.7 Å². The zero-order valence-corrected chi connectivity index (χ0v) is 15.7. The van der Waals surface area contributed by atoms with Crippen LogP contribution in [-0.2, 0) is 17.8 Å². The van der Waals surface area contributed by atoms with Crippen molar-refractivity contribution in [2.24, 2.45) is 5.73 Å². The number of rotatable bonds is 3. The van der Waals surface area contributed by atoms with Gasteiger partial charge in [-0.05, 0) is 35.4 Å². The molecule has 1 aliphatic heterocycles. The lowest BCUT2D eigenvalue weighted by molar-refractivity contribution is -0.119. The van der Waals surface area contributed by atoms with E-state index in [0.717, 1.165) is 22.0 Å². The third-order valence-electron chi connectivity index (χ3n) is 5.35. The fourth-order valence-corrected chi connectivity index (χ4v) is 3.90. The number of pyridine rings is 1. The average molecular weight is 381 g/mol. The van der Waals surface area contributed by atoms with E-state index in [0.29, 0.717) is 24.6 Å². The number of para-hydroxylation sites is 1. The van der Waals surface area contributed by atoms with E-state index >= 15 is 0 Å². The molecule has 2 aromatic heterocycles. The Morgan fingerprint density at radius 3 is 2.55 bits per heavy atom. The summed E-state index contributed by atoms with van der Waals surface area (Å²) in [5.74, 6) is 0.937. The van der Waals surface area contributed by atoms with Crippen LogP contribution in [0.3, 0.4) is 0 Å². The van der Waals surface area contributed by atoms with E-state index in [-0.39, 0.29) is 5.91 Å². The molecule has 0 saturated carbocycles. The van der Waals surface area contributed by atoms with E-state index < -0.39 is 6.04 Å². The van der Waals surface area contributed by atoms with Crippen LogP contribution in [-0.4, -0.2) is 26.9 Å². The molecule has 1 atom stereocenters. The summed E-state index contributed by atoms with van der Waals surface area (Å²) in [5.41, 5.74) is 9.78. The lowest BCUT2D eigenvalue weighted by Crippen LogP contribution is -2.49. The number of nitrogens with zero attached hydrogens (tertiary/aromatic N) is 4. The highest BCUT2D eigenvalue weighted by Gasteiger charge is 2.32. The Labute approximate surface area is 168 Å². The van der Waals surface area contributed by atoms with Crippen molar-refractivity contribution in [1.29, 1.82) is 0 Å². The first-order valence-electron chi connectivity index (χ1n) is 9.50. The van der Waals surface area contributed by atoms with Gasteiger partial charge in [0.2, 0.25) is 5.91 Å². The molecular formula is C23H19N5O. The number of nitrogens with two attached hydrogens (primary N) is 1. The maximum Gasteiger partial charge on any atom is 0.240 e. The molecule has 6 nitrogen and oxygen atoms in total. The summed E-state index contributed by atoms with van der Waals surface area (Å²) in [4.78, 5) is 28.2. The normalized spacial score (nSPS) is 15.9. The molecule has 142 valence electrons. The Balaban J connectivity index is 1.71. The Morgan fingerprint density at radius 2 is 1.76 bits per heavy atom. The molecule has 1 unspecified atom stereocenters. The summed E-state index contributed by atoms with van der Waals surface area (Å²) in [6, 6.07) is 19.3. The molecule has 3 heterocycles. The van der Waals surface area contributed by atoms with Crippen molar-refractivity contribution in [3.63, 3.8) is 0 Å². The number of primary amides is 1. The van der Waals surface area contributed by atoms with Gasteiger partial charge in [0.15, 0.2) is 5.82 Å². The fraction of sp³-hybridized carbons (Fsp3) is 0.130. The molecule has 0 fully saturated rings. The number of carbonyl (C=O) groups excluding carboxylic acids is 1. The van der Waals surface area contributed by atoms with Crippen molar-refractivity contribution >= 4 is 22.6 Å². The number of benzene rings is 2. The SMILES string of the molecule is NC(=O)C1Cc2ccccc2CN1c1nc(-c2cccnc2)nc2ccccc12. The predicted octanol–water partition coefficient (Wildman–Crippen LogP) is 3.11. The summed E-state index contributed by atoms with van der Waals surface area (Å²) >= 11 is 0. The van der Waals surface area contributed by atoms with Crippen LogP contribution in [0, 0.1) is 0 Å². The standard InChI is InChI=1S/C23H19N5O/c24-21(29)20-12-15-6-1-2-7-17(15)14-28(20)23-18-9-3-4-10-19(18)26-22(27-23)16-8-5-11-25-13-16/h1-11,13,20H,12,14H2,(H2,24,29). The molecule has 4 aromatic rings. The molecule has 5 rings (SSSR count). The summed E-state index contributed by atoms with van der Waals surface area (Å²) in [6.07, 6.45) is 4.02. The maximum atomic E-state index is 12.4. The molecule has 1 aliphatic rings. The molecule has 0 aliphatic carbocycles. The Hall–Kier alpha value is -3.80. The summed E-state index contributed by atoms with van der Waals surface area (Å²) in [5, 5.41) is 0.894. The van der Waals surface area contributed by atoms with E-state index in [1.165, 1.54) is 5.56 Å². The van der Waals surface area contributed by atoms with Crippen LogP contribution in [0.5, 0.6) is 0 Å². The van der Waals surface area contributed by atoms with Gasteiger partial charge in [-0.2, -0.15) is 0 Å². The molecule has 2 aromatic carbocycles. The van der Waals surface area contributed by atoms with Gasteiger partial charge >= 0.3 is 0 Å². The predicted molar refractivity (Wildman–Crippen MR) is 112 cm³/mol. The van der Waals surface area contributed by atoms with Crippen molar-refractivity contribution in [3.05, 3.63) is 84.2 Å². The van der Waals surface area contributed by atoms with Crippen LogP contribution >= 0.6 is 0 Å². The minimum atomic E-state index is -0.468. The minimum Gasteiger partial charge on any atom is -0.368 e. The highest BCUT2D eigenvalue weighted by atomic mass is 16.1. The van der Waals surface area contributed by atoms with Gasteiger partial charge < -0.3 is 10.6 Å². The average Bonchev–Trinajstić information content (AvgIpc) is 2.78. The molecule has 0 spiro atoms. The van der Waals surface area contributed by atoms with Crippen molar-refractivity contribution < 1.29 is 4.79 Å². The van der Waals surface area contributed by atoms with Gasteiger partial charge in [0, 0.05) is 36.3 Å². The van der Waals surface area contributed by atoms with Gasteiger partial charge in [-0.25, -0.2) is 9.97 Å². The first kappa shape index (κ1) is 17.3. The zero-order chi connectivity index (χ0) is 19.8. The highest BCUT2D eigenvalue weighted by Crippen LogP contribution is 2.33. The molecule has 29 heavy (non-hydrogen) atoms. The summed E-state index contributed by atoms with van der Waals surface area (Å²) in [7, 11) is 0. The molecule has 0 radical (unpaired) electrons. The van der Waals surface area contributed by atoms with Crippen molar-refractivity contribution in [2.75, 3.05) is 4.90 Å². The number of hydrogen-bond donors (Lipinski definition) is 1. The van der Waals surface area contributed by atoms with Crippen molar-refractivity contribution in [3.8, 4) is 11.4 Å². The number of hydrogen-bond acceptors (Lipinski definition) is 5. The Morgan fingerprint density at radius 1 is 0.966 bits per heavy atom. The number of anilines is 1. The Bertz CT molecular complexity index is 1210. The van der Waals surface area contributed by atoms with E-state index in [1.807, 2.05) is 53.4 Å². The van der Waals surface area contributed by atoms with Crippen LogP contribution in [0.25, 0.3) is 22.3 Å². The number of aromatic nitrogens is 3. The minimum absolute atomic E-state index is 0.356. The van der Waals surface area contributed by atoms with Crippen LogP contribution < -0.4 is 10.6 Å². The third kappa shape index (κ3) is 3.08. The van der Waals surface area contributed by atoms with Gasteiger partial charge in [0.1, 0.15) is 11.9 Å². The van der Waals surface area contributed by atoms with E-state index in [2.05, 4.69) is 17.1 Å². The van der Waals surface area contributed by atoms with Crippen LogP contribution in [0.4, 0.5) is 5.82 Å². The second-order valence-corrected chi connectivity index (χ2v) is 7.15. The topological polar surface area (TPSA) is 85.0 Å². The number of carbonyl (C=O) groups is 1. The molecule has 0 saturated heterocycles. The lowest BCUT2D eigenvalue weighted by atomic mass is 9.93. The fourth-order valence-electron chi connectivity index (χ4n) is 3.90. The highest BCUT2D eigenvalue weighted by molar-refractivity contribution is 5.94. The van der Waals surface area contributed by atoms with Gasteiger partial charge in [0.05, 0.1) is 5.52 Å². The molecule has 1 amide bonds. The molecule has 2 N–H and O–H groups in total. The summed E-state index contributed by atoms with van der Waals surface area (Å²) < 4.78 is 0. The monoisotopic (exact) mass is 381 g/mol. The van der Waals surface area contributed by atoms with Crippen LogP contribution in [0.2, 0.25) is 0 Å². The van der Waals surface area contributed by atoms with Crippen molar-refractivity contribution in [1.82, 2.24) is 15.0 Å². The van der Waals surface area contributed by atoms with Crippen LogP contribution in [0.15, 0.2) is 73.1 Å². The molecule has 0 bridgehead atoms. The van der Waals surface area contributed by atoms with Gasteiger partial charge in [-0.1, -0.05) is 36.4 Å². The number of fused-ring (bicyclic) bond motifs is 2. The second-order valence-electron chi connectivity index (χ2n) is 7.15. The van der Waals surface area contributed by atoms with Gasteiger partial charge in [0.25, 0.3) is 0 Å². The smallest absolute Gasteiger partial charge is 0.240 e. The quantitative estimate of drug-likeness (QED) is 0.589. The second kappa shape index (κ2) is 6.98. The van der Waals surface area contributed by atoms with E-state index in [9.17, 15) is 4.79 Å². The zero-order valence-electron chi connectivity index (χ0n) is 15.7. The molecular weight excluding hydrogens is 362 g/mol. The molecule has 6 heteroatoms. The number of amides is 1. The summed E-state index contributed by atoms with van der Waals surface area (Å²) in [6.45, 7) is 0.567. The van der Waals surface area contributed by atoms with E-state index in [1.54, 1.807) is 12.4 Å². The maximum absolute atomic E-state index is 12.4. The lowest BCUT2D eigenvalue weighted by Gasteiger charge is -2.36. The third-order valence-corrected chi connectivity index (χ3v) is 5.35. The van der Waals surface area contributed by atoms with Crippen molar-refractivity contribution in [2.45, 2.75) is 19.0 Å². The van der Waals surface area contributed by atoms with Gasteiger partial charge in [-0.3, -0.25) is 9.78 Å². The van der Waals surface area contributed by atoms with Crippen LogP contribution in [0.1, 0.15) is 11.1 Å². The van der Waals surface area contributed by atoms with Gasteiger partial charge in [-0.15, -0.1) is 0 Å². The Kier molecular flexibility index (Phi) is 4.17. The largest absolute Gasteiger partial charge is 0.368 e. The first-order valence-corrected chi connectivity index (χ1v) is 9.50. The first-order chi connectivity index (χ1) is 14.2.